The fourth-order valence-corrected chi connectivity index (χ4v) is 3.46. The van der Waals surface area contributed by atoms with E-state index in [1.807, 2.05) is 0 Å². The van der Waals surface area contributed by atoms with Crippen molar-refractivity contribution >= 4 is 33.1 Å². The number of hydrogen-bond donors (Lipinski definition) is 2. The minimum Gasteiger partial charge on any atom is -0.461 e. The normalized spacial score (nSPS) is 11.7. The summed E-state index contributed by atoms with van der Waals surface area (Å²) < 4.78 is 49.6. The van der Waals surface area contributed by atoms with Crippen molar-refractivity contribution in [2.24, 2.45) is 5.73 Å². The van der Waals surface area contributed by atoms with Crippen molar-refractivity contribution in [2.45, 2.75) is 6.18 Å². The Morgan fingerprint density at radius 1 is 1.25 bits per heavy atom. The van der Waals surface area contributed by atoms with E-state index in [1.165, 1.54) is 19.2 Å². The van der Waals surface area contributed by atoms with Crippen LogP contribution in [0.4, 0.5) is 18.9 Å². The lowest BCUT2D eigenvalue weighted by atomic mass is 10.0. The molecule has 3 aromatic rings. The molecular weight excluding hydrogens is 397 g/mol. The van der Waals surface area contributed by atoms with Crippen LogP contribution in [0.5, 0.6) is 6.01 Å². The van der Waals surface area contributed by atoms with E-state index in [9.17, 15) is 18.0 Å². The number of thiophene rings is 1. The molecule has 0 aliphatic rings. The van der Waals surface area contributed by atoms with Crippen molar-refractivity contribution in [2.75, 3.05) is 26.1 Å². The summed E-state index contributed by atoms with van der Waals surface area (Å²) in [6, 6.07) is 4.53. The molecule has 4 N–H and O–H groups in total. The average molecular weight is 412 g/mol. The second-order valence-corrected chi connectivity index (χ2v) is 6.66. The van der Waals surface area contributed by atoms with Crippen LogP contribution < -0.4 is 16.2 Å². The van der Waals surface area contributed by atoms with Gasteiger partial charge in [-0.05, 0) is 12.1 Å². The number of nitrogens with zero attached hydrogens (tertiary/aromatic N) is 2. The predicted octanol–water partition coefficient (Wildman–Crippen LogP) is 3.08. The summed E-state index contributed by atoms with van der Waals surface area (Å²) in [6.45, 7) is 0.396. The minimum atomic E-state index is -4.53. The highest BCUT2D eigenvalue weighted by Crippen LogP contribution is 2.40. The molecule has 7 nitrogen and oxygen atoms in total. The number of ether oxygens (including phenoxy) is 2. The highest BCUT2D eigenvalue weighted by molar-refractivity contribution is 7.21. The first kappa shape index (κ1) is 19.8. The molecule has 1 amide bonds. The van der Waals surface area contributed by atoms with Crippen LogP contribution in [0.25, 0.3) is 21.5 Å². The summed E-state index contributed by atoms with van der Waals surface area (Å²) in [4.78, 5) is 20.4. The zero-order valence-corrected chi connectivity index (χ0v) is 15.4. The zero-order chi connectivity index (χ0) is 20.5. The molecular formula is C17H15F3N4O3S. The summed E-state index contributed by atoms with van der Waals surface area (Å²) in [5.74, 6) is -0.766. The third-order valence-corrected chi connectivity index (χ3v) is 4.89. The number of alkyl halides is 3. The van der Waals surface area contributed by atoms with Crippen molar-refractivity contribution in [3.8, 4) is 17.3 Å². The van der Waals surface area contributed by atoms with Gasteiger partial charge in [0.15, 0.2) is 0 Å². The molecule has 11 heteroatoms. The van der Waals surface area contributed by atoms with Crippen molar-refractivity contribution in [1.29, 1.82) is 0 Å². The summed E-state index contributed by atoms with van der Waals surface area (Å²) in [6.07, 6.45) is -4.53. The van der Waals surface area contributed by atoms with Gasteiger partial charge in [0, 0.05) is 12.7 Å². The lowest BCUT2D eigenvalue weighted by Gasteiger charge is -2.11. The molecule has 0 spiro atoms. The van der Waals surface area contributed by atoms with Gasteiger partial charge in [0.25, 0.3) is 5.91 Å². The van der Waals surface area contributed by atoms with E-state index in [4.69, 9.17) is 20.9 Å². The van der Waals surface area contributed by atoms with E-state index in [-0.39, 0.29) is 51.3 Å². The average Bonchev–Trinajstić information content (AvgIpc) is 2.98. The van der Waals surface area contributed by atoms with Crippen molar-refractivity contribution in [3.05, 3.63) is 34.7 Å². The molecule has 28 heavy (non-hydrogen) atoms. The molecule has 0 radical (unpaired) electrons. The van der Waals surface area contributed by atoms with E-state index in [1.54, 1.807) is 0 Å². The maximum Gasteiger partial charge on any atom is 0.416 e. The van der Waals surface area contributed by atoms with Gasteiger partial charge in [-0.2, -0.15) is 23.1 Å². The number of aromatic nitrogens is 2. The Hall–Kier alpha value is -2.92. The summed E-state index contributed by atoms with van der Waals surface area (Å²) >= 11 is 0.920. The first-order chi connectivity index (χ1) is 13.2. The topological polar surface area (TPSA) is 113 Å². The molecule has 0 aliphatic carbocycles. The number of methoxy groups -OCH3 is 1. The van der Waals surface area contributed by atoms with Gasteiger partial charge in [-0.3, -0.25) is 4.79 Å². The van der Waals surface area contributed by atoms with Crippen molar-refractivity contribution in [3.63, 3.8) is 0 Å². The number of hydrogen-bond acceptors (Lipinski definition) is 7. The van der Waals surface area contributed by atoms with Crippen LogP contribution in [0.1, 0.15) is 15.2 Å². The molecule has 2 heterocycles. The summed E-state index contributed by atoms with van der Waals surface area (Å²) in [5.41, 5.74) is 10.8. The summed E-state index contributed by atoms with van der Waals surface area (Å²) in [5, 5.41) is 0.247. The van der Waals surface area contributed by atoms with Crippen LogP contribution in [-0.2, 0) is 10.9 Å². The van der Waals surface area contributed by atoms with Gasteiger partial charge in [0.2, 0.25) is 0 Å². The van der Waals surface area contributed by atoms with Gasteiger partial charge in [-0.15, -0.1) is 11.3 Å². The van der Waals surface area contributed by atoms with Crippen LogP contribution in [0, 0.1) is 0 Å². The number of amides is 1. The molecule has 0 saturated carbocycles. The number of rotatable bonds is 6. The van der Waals surface area contributed by atoms with E-state index in [0.717, 1.165) is 23.5 Å². The van der Waals surface area contributed by atoms with Gasteiger partial charge < -0.3 is 20.9 Å². The van der Waals surface area contributed by atoms with E-state index < -0.39 is 17.6 Å². The number of benzene rings is 1. The number of halogens is 3. The Morgan fingerprint density at radius 2 is 2.00 bits per heavy atom. The van der Waals surface area contributed by atoms with Crippen LogP contribution in [0.15, 0.2) is 24.3 Å². The van der Waals surface area contributed by atoms with Gasteiger partial charge >= 0.3 is 12.2 Å². The highest BCUT2D eigenvalue weighted by Gasteiger charge is 2.31. The Balaban J connectivity index is 2.22. The van der Waals surface area contributed by atoms with Gasteiger partial charge in [-0.25, -0.2) is 0 Å². The number of anilines is 1. The van der Waals surface area contributed by atoms with E-state index in [2.05, 4.69) is 9.97 Å². The monoisotopic (exact) mass is 412 g/mol. The van der Waals surface area contributed by atoms with Gasteiger partial charge in [0.1, 0.15) is 16.3 Å². The fraction of sp³-hybridized carbons (Fsp3) is 0.235. The number of primary amides is 1. The number of carbonyl (C=O) groups excluding carboxylic acids is 1. The van der Waals surface area contributed by atoms with Gasteiger partial charge in [-0.1, -0.05) is 12.1 Å². The number of fused-ring (bicyclic) bond motifs is 1. The lowest BCUT2D eigenvalue weighted by molar-refractivity contribution is -0.137. The molecule has 0 bridgehead atoms. The lowest BCUT2D eigenvalue weighted by Crippen LogP contribution is -2.10. The molecule has 3 rings (SSSR count). The maximum absolute atomic E-state index is 13.1. The van der Waals surface area contributed by atoms with Crippen LogP contribution >= 0.6 is 11.3 Å². The third-order valence-electron chi connectivity index (χ3n) is 3.77. The molecule has 0 fully saturated rings. The standard InChI is InChI=1S/C17H15F3N4O3S/c1-26-5-6-27-16-23-12(8-3-2-4-9(7-8)17(18,19)20)10-11(21)13(14(22)25)28-15(10)24-16/h2-4,7H,5-6,21H2,1H3,(H2,22,25). The Bertz CT molecular complexity index is 1040. The van der Waals surface area contributed by atoms with E-state index >= 15 is 0 Å². The largest absolute Gasteiger partial charge is 0.461 e. The fourth-order valence-electron chi connectivity index (χ4n) is 2.52. The molecule has 148 valence electrons. The quantitative estimate of drug-likeness (QED) is 0.602. The zero-order valence-electron chi connectivity index (χ0n) is 14.5. The second kappa shape index (κ2) is 7.60. The van der Waals surface area contributed by atoms with Gasteiger partial charge in [0.05, 0.1) is 28.9 Å². The highest BCUT2D eigenvalue weighted by atomic mass is 32.1. The molecule has 0 atom stereocenters. The summed E-state index contributed by atoms with van der Waals surface area (Å²) in [7, 11) is 1.49. The Morgan fingerprint density at radius 3 is 2.64 bits per heavy atom. The number of carbonyl (C=O) groups is 1. The number of nitrogens with two attached hydrogens (primary N) is 2. The van der Waals surface area contributed by atoms with Crippen LogP contribution in [-0.4, -0.2) is 36.2 Å². The molecule has 1 aromatic carbocycles. The molecule has 0 aliphatic heterocycles. The Labute approximate surface area is 161 Å². The number of nitrogen functional groups attached to an aromatic ring is 1. The molecule has 0 unspecified atom stereocenters. The van der Waals surface area contributed by atoms with Crippen LogP contribution in [0.2, 0.25) is 0 Å². The van der Waals surface area contributed by atoms with E-state index in [0.29, 0.717) is 0 Å². The predicted molar refractivity (Wildman–Crippen MR) is 98.2 cm³/mol. The van der Waals surface area contributed by atoms with Crippen LogP contribution in [0.3, 0.4) is 0 Å². The third kappa shape index (κ3) is 3.85. The van der Waals surface area contributed by atoms with Crippen molar-refractivity contribution in [1.82, 2.24) is 9.97 Å². The van der Waals surface area contributed by atoms with Crippen molar-refractivity contribution < 1.29 is 27.4 Å². The minimum absolute atomic E-state index is 0.0170. The molecule has 0 saturated heterocycles. The molecule has 2 aromatic heterocycles. The first-order valence-corrected chi connectivity index (χ1v) is 8.73. The first-order valence-electron chi connectivity index (χ1n) is 7.91. The second-order valence-electron chi connectivity index (χ2n) is 5.66. The maximum atomic E-state index is 13.1. The Kier molecular flexibility index (Phi) is 5.38. The SMILES string of the molecule is COCCOc1nc(-c2cccc(C(F)(F)F)c2)c2c(N)c(C(N)=O)sc2n1. The smallest absolute Gasteiger partial charge is 0.416 e.